The molecule has 1 aromatic rings. The van der Waals surface area contributed by atoms with E-state index in [1.165, 1.54) is 0 Å². The molecule has 0 aromatic heterocycles. The van der Waals surface area contributed by atoms with Crippen LogP contribution in [0.2, 0.25) is 0 Å². The minimum Gasteiger partial charge on any atom is -0.386 e. The van der Waals surface area contributed by atoms with Crippen LogP contribution in [0, 0.1) is 0 Å². The van der Waals surface area contributed by atoms with Gasteiger partial charge in [0.25, 0.3) is 0 Å². The lowest BCUT2D eigenvalue weighted by Gasteiger charge is -2.19. The third-order valence-corrected chi connectivity index (χ3v) is 3.60. The average Bonchev–Trinajstić information content (AvgIpc) is 2.87. The number of aliphatic hydroxyl groups excluding tert-OH is 1. The normalized spacial score (nSPS) is 31.1. The molecule has 1 fully saturated rings. The molecule has 108 valence electrons. The van der Waals surface area contributed by atoms with Gasteiger partial charge in [-0.05, 0) is 31.1 Å². The number of hydrogen-bond donors (Lipinski definition) is 1. The highest BCUT2D eigenvalue weighted by Gasteiger charge is 2.49. The maximum Gasteiger partial charge on any atom is 0.164 e. The summed E-state index contributed by atoms with van der Waals surface area (Å²) in [5.41, 5.74) is 2.09. The molecule has 1 N–H and O–H groups in total. The van der Waals surface area contributed by atoms with Crippen molar-refractivity contribution >= 4 is 0 Å². The van der Waals surface area contributed by atoms with Crippen molar-refractivity contribution in [1.29, 1.82) is 0 Å². The first-order valence-corrected chi connectivity index (χ1v) is 6.91. The van der Waals surface area contributed by atoms with Crippen molar-refractivity contribution in [3.63, 3.8) is 0 Å². The summed E-state index contributed by atoms with van der Waals surface area (Å²) in [6.45, 7) is 4.73. The van der Waals surface area contributed by atoms with E-state index >= 15 is 0 Å². The van der Waals surface area contributed by atoms with E-state index in [-0.39, 0.29) is 12.2 Å². The van der Waals surface area contributed by atoms with Gasteiger partial charge in [-0.1, -0.05) is 30.3 Å². The van der Waals surface area contributed by atoms with Gasteiger partial charge in [0.1, 0.15) is 18.3 Å². The molecule has 1 saturated heterocycles. The van der Waals surface area contributed by atoms with Crippen LogP contribution in [0.5, 0.6) is 0 Å². The van der Waals surface area contributed by atoms with Crippen LogP contribution >= 0.6 is 0 Å². The van der Waals surface area contributed by atoms with Crippen molar-refractivity contribution in [2.75, 3.05) is 6.61 Å². The van der Waals surface area contributed by atoms with Crippen LogP contribution in [-0.2, 0) is 20.8 Å². The van der Waals surface area contributed by atoms with Gasteiger partial charge in [0.2, 0.25) is 0 Å². The predicted octanol–water partition coefficient (Wildman–Crippen LogP) is 2.02. The third-order valence-electron chi connectivity index (χ3n) is 3.60. The molecule has 1 unspecified atom stereocenters. The second-order valence-electron chi connectivity index (χ2n) is 5.73. The first-order valence-electron chi connectivity index (χ1n) is 6.91. The smallest absolute Gasteiger partial charge is 0.164 e. The van der Waals surface area contributed by atoms with E-state index in [4.69, 9.17) is 14.2 Å². The summed E-state index contributed by atoms with van der Waals surface area (Å²) >= 11 is 0. The van der Waals surface area contributed by atoms with E-state index in [1.54, 1.807) is 6.08 Å². The number of rotatable bonds is 4. The first-order chi connectivity index (χ1) is 9.55. The largest absolute Gasteiger partial charge is 0.386 e. The van der Waals surface area contributed by atoms with Crippen molar-refractivity contribution in [3.8, 4) is 0 Å². The van der Waals surface area contributed by atoms with E-state index < -0.39 is 11.9 Å². The lowest BCUT2D eigenvalue weighted by molar-refractivity contribution is -0.153. The molecule has 0 amide bonds. The SMILES string of the molecule is CC1(C)O[C@@H]2C(O)C=C(COCc3ccccc3)[C@@H]2O1. The Hall–Kier alpha value is -1.20. The fraction of sp³-hybridized carbons (Fsp3) is 0.500. The molecule has 20 heavy (non-hydrogen) atoms. The van der Waals surface area contributed by atoms with Crippen LogP contribution in [0.15, 0.2) is 42.0 Å². The maximum absolute atomic E-state index is 9.98. The number of benzene rings is 1. The van der Waals surface area contributed by atoms with Gasteiger partial charge >= 0.3 is 0 Å². The van der Waals surface area contributed by atoms with Gasteiger partial charge in [0.05, 0.1) is 13.2 Å². The van der Waals surface area contributed by atoms with E-state index in [0.717, 1.165) is 11.1 Å². The molecule has 1 heterocycles. The lowest BCUT2D eigenvalue weighted by Crippen LogP contribution is -2.29. The summed E-state index contributed by atoms with van der Waals surface area (Å²) in [6.07, 6.45) is 0.670. The van der Waals surface area contributed by atoms with Gasteiger partial charge in [-0.3, -0.25) is 0 Å². The molecule has 3 atom stereocenters. The quantitative estimate of drug-likeness (QED) is 0.855. The minimum atomic E-state index is -0.644. The van der Waals surface area contributed by atoms with Crippen LogP contribution in [-0.4, -0.2) is 35.8 Å². The Morgan fingerprint density at radius 3 is 2.65 bits per heavy atom. The molecule has 3 rings (SSSR count). The minimum absolute atomic E-state index is 0.198. The molecule has 0 bridgehead atoms. The molecule has 1 aliphatic carbocycles. The number of ether oxygens (including phenoxy) is 3. The van der Waals surface area contributed by atoms with Crippen molar-refractivity contribution in [1.82, 2.24) is 0 Å². The van der Waals surface area contributed by atoms with Gasteiger partial charge in [0.15, 0.2) is 5.79 Å². The lowest BCUT2D eigenvalue weighted by atomic mass is 10.1. The fourth-order valence-corrected chi connectivity index (χ4v) is 2.73. The zero-order chi connectivity index (χ0) is 14.2. The molecule has 4 heteroatoms. The predicted molar refractivity (Wildman–Crippen MR) is 74.0 cm³/mol. The van der Waals surface area contributed by atoms with Gasteiger partial charge in [-0.25, -0.2) is 0 Å². The summed E-state index contributed by atoms with van der Waals surface area (Å²) in [5.74, 6) is -0.644. The van der Waals surface area contributed by atoms with E-state index in [0.29, 0.717) is 13.2 Å². The standard InChI is InChI=1S/C16H20O4/c1-16(2)19-14-12(8-13(17)15(14)20-16)10-18-9-11-6-4-3-5-7-11/h3-8,13-15,17H,9-10H2,1-2H3/t13?,14-,15+/m0/s1. The number of fused-ring (bicyclic) bond motifs is 1. The van der Waals surface area contributed by atoms with E-state index in [1.807, 2.05) is 44.2 Å². The molecule has 0 saturated carbocycles. The fourth-order valence-electron chi connectivity index (χ4n) is 2.73. The zero-order valence-corrected chi connectivity index (χ0v) is 11.8. The van der Waals surface area contributed by atoms with E-state index in [2.05, 4.69) is 0 Å². The highest BCUT2D eigenvalue weighted by molar-refractivity contribution is 5.25. The Balaban J connectivity index is 1.57. The van der Waals surface area contributed by atoms with Gasteiger partial charge < -0.3 is 19.3 Å². The van der Waals surface area contributed by atoms with E-state index in [9.17, 15) is 5.11 Å². The van der Waals surface area contributed by atoms with Gasteiger partial charge in [-0.2, -0.15) is 0 Å². The van der Waals surface area contributed by atoms with Crippen LogP contribution in [0.3, 0.4) is 0 Å². The second kappa shape index (κ2) is 5.30. The summed E-state index contributed by atoms with van der Waals surface area (Å²) in [6, 6.07) is 10.0. The summed E-state index contributed by atoms with van der Waals surface area (Å²) in [7, 11) is 0. The Morgan fingerprint density at radius 1 is 1.15 bits per heavy atom. The Kier molecular flexibility index (Phi) is 3.65. The highest BCUT2D eigenvalue weighted by Crippen LogP contribution is 2.38. The maximum atomic E-state index is 9.98. The third kappa shape index (κ3) is 2.79. The van der Waals surface area contributed by atoms with Crippen LogP contribution < -0.4 is 0 Å². The number of aliphatic hydroxyl groups is 1. The van der Waals surface area contributed by atoms with Crippen molar-refractivity contribution < 1.29 is 19.3 Å². The van der Waals surface area contributed by atoms with Gasteiger partial charge in [-0.15, -0.1) is 0 Å². The molecule has 4 nitrogen and oxygen atoms in total. The van der Waals surface area contributed by atoms with Crippen LogP contribution in [0.4, 0.5) is 0 Å². The van der Waals surface area contributed by atoms with Crippen LogP contribution in [0.1, 0.15) is 19.4 Å². The Labute approximate surface area is 119 Å². The molecule has 1 aliphatic heterocycles. The Morgan fingerprint density at radius 2 is 1.90 bits per heavy atom. The molecule has 2 aliphatic rings. The van der Waals surface area contributed by atoms with Gasteiger partial charge in [0, 0.05) is 0 Å². The Bertz CT molecular complexity index is 494. The van der Waals surface area contributed by atoms with Crippen molar-refractivity contribution in [3.05, 3.63) is 47.5 Å². The van der Waals surface area contributed by atoms with Crippen LogP contribution in [0.25, 0.3) is 0 Å². The average molecular weight is 276 g/mol. The molecule has 1 aromatic carbocycles. The summed E-state index contributed by atoms with van der Waals surface area (Å²) in [4.78, 5) is 0. The molecular formula is C16H20O4. The zero-order valence-electron chi connectivity index (χ0n) is 11.8. The topological polar surface area (TPSA) is 47.9 Å². The summed E-state index contributed by atoms with van der Waals surface area (Å²) < 4.78 is 17.2. The van der Waals surface area contributed by atoms with Crippen molar-refractivity contribution in [2.24, 2.45) is 0 Å². The highest BCUT2D eigenvalue weighted by atomic mass is 16.8. The molecule has 0 spiro atoms. The molecular weight excluding hydrogens is 256 g/mol. The first kappa shape index (κ1) is 13.8. The monoisotopic (exact) mass is 276 g/mol. The summed E-state index contributed by atoms with van der Waals surface area (Å²) in [5, 5.41) is 9.98. The number of hydrogen-bond acceptors (Lipinski definition) is 4. The van der Waals surface area contributed by atoms with Crippen molar-refractivity contribution in [2.45, 2.75) is 44.6 Å². The molecule has 0 radical (unpaired) electrons. The second-order valence-corrected chi connectivity index (χ2v) is 5.73.